The second-order valence-corrected chi connectivity index (χ2v) is 6.89. The molecule has 120 valence electrons. The van der Waals surface area contributed by atoms with Gasteiger partial charge in [0.25, 0.3) is 0 Å². The molecule has 1 N–H and O–H groups in total. The second kappa shape index (κ2) is 7.23. The van der Waals surface area contributed by atoms with E-state index in [0.717, 1.165) is 5.56 Å². The average molecular weight is 297 g/mol. The van der Waals surface area contributed by atoms with Crippen molar-refractivity contribution < 1.29 is 13.9 Å². The van der Waals surface area contributed by atoms with Crippen molar-refractivity contribution in [3.05, 3.63) is 29.6 Å². The number of nitrogens with one attached hydrogen (secondary N) is 1. The Morgan fingerprint density at radius 3 is 2.38 bits per heavy atom. The lowest BCUT2D eigenvalue weighted by Gasteiger charge is -2.24. The SMILES string of the molecule is COC(C)(C)CCOc1c(F)cccc1CNC(C)(C)C. The van der Waals surface area contributed by atoms with Crippen LogP contribution in [-0.2, 0) is 11.3 Å². The molecule has 0 bridgehead atoms. The van der Waals surface area contributed by atoms with Crippen LogP contribution in [0.15, 0.2) is 18.2 Å². The number of hydrogen-bond donors (Lipinski definition) is 1. The van der Waals surface area contributed by atoms with E-state index >= 15 is 0 Å². The molecule has 0 aliphatic heterocycles. The molecule has 1 rings (SSSR count). The van der Waals surface area contributed by atoms with E-state index in [9.17, 15) is 4.39 Å². The fourth-order valence-electron chi connectivity index (χ4n) is 1.72. The predicted molar refractivity (Wildman–Crippen MR) is 84.2 cm³/mol. The van der Waals surface area contributed by atoms with Gasteiger partial charge in [-0.2, -0.15) is 0 Å². The van der Waals surface area contributed by atoms with Crippen LogP contribution in [-0.4, -0.2) is 24.9 Å². The van der Waals surface area contributed by atoms with Crippen LogP contribution < -0.4 is 10.1 Å². The van der Waals surface area contributed by atoms with Gasteiger partial charge in [-0.1, -0.05) is 12.1 Å². The summed E-state index contributed by atoms with van der Waals surface area (Å²) in [5, 5.41) is 3.35. The summed E-state index contributed by atoms with van der Waals surface area (Å²) >= 11 is 0. The number of halogens is 1. The van der Waals surface area contributed by atoms with E-state index in [1.807, 2.05) is 19.9 Å². The van der Waals surface area contributed by atoms with Crippen molar-refractivity contribution >= 4 is 0 Å². The van der Waals surface area contributed by atoms with Crippen LogP contribution in [0.2, 0.25) is 0 Å². The summed E-state index contributed by atoms with van der Waals surface area (Å²) in [5.41, 5.74) is 0.539. The fourth-order valence-corrected chi connectivity index (χ4v) is 1.72. The van der Waals surface area contributed by atoms with Crippen LogP contribution in [0, 0.1) is 5.82 Å². The average Bonchev–Trinajstić information content (AvgIpc) is 2.38. The molecule has 1 aromatic carbocycles. The summed E-state index contributed by atoms with van der Waals surface area (Å²) in [6, 6.07) is 5.02. The Hall–Kier alpha value is -1.13. The van der Waals surface area contributed by atoms with Gasteiger partial charge in [0.15, 0.2) is 11.6 Å². The van der Waals surface area contributed by atoms with Crippen molar-refractivity contribution in [2.75, 3.05) is 13.7 Å². The van der Waals surface area contributed by atoms with E-state index in [1.165, 1.54) is 6.07 Å². The van der Waals surface area contributed by atoms with Crippen LogP contribution in [0.25, 0.3) is 0 Å². The summed E-state index contributed by atoms with van der Waals surface area (Å²) in [6.07, 6.45) is 0.698. The molecule has 0 heterocycles. The summed E-state index contributed by atoms with van der Waals surface area (Å²) in [6.45, 7) is 11.2. The lowest BCUT2D eigenvalue weighted by Crippen LogP contribution is -2.35. The smallest absolute Gasteiger partial charge is 0.165 e. The van der Waals surface area contributed by atoms with Gasteiger partial charge in [0.05, 0.1) is 12.2 Å². The molecule has 0 radical (unpaired) electrons. The number of ether oxygens (including phenoxy) is 2. The maximum atomic E-state index is 14.0. The van der Waals surface area contributed by atoms with Crippen LogP contribution in [0.4, 0.5) is 4.39 Å². The zero-order valence-electron chi connectivity index (χ0n) is 14.0. The number of methoxy groups -OCH3 is 1. The van der Waals surface area contributed by atoms with Crippen LogP contribution in [0.5, 0.6) is 5.75 Å². The van der Waals surface area contributed by atoms with E-state index in [0.29, 0.717) is 25.3 Å². The highest BCUT2D eigenvalue weighted by atomic mass is 19.1. The molecule has 1 aromatic rings. The maximum absolute atomic E-state index is 14.0. The van der Waals surface area contributed by atoms with Gasteiger partial charge in [0.2, 0.25) is 0 Å². The minimum atomic E-state index is -0.321. The van der Waals surface area contributed by atoms with Gasteiger partial charge in [-0.3, -0.25) is 0 Å². The molecule has 21 heavy (non-hydrogen) atoms. The number of hydrogen-bond acceptors (Lipinski definition) is 3. The van der Waals surface area contributed by atoms with Crippen LogP contribution in [0.3, 0.4) is 0 Å². The van der Waals surface area contributed by atoms with Gasteiger partial charge in [0, 0.05) is 31.2 Å². The molecule has 0 saturated carbocycles. The van der Waals surface area contributed by atoms with Crippen molar-refractivity contribution in [1.82, 2.24) is 5.32 Å². The highest BCUT2D eigenvalue weighted by Crippen LogP contribution is 2.24. The van der Waals surface area contributed by atoms with Gasteiger partial charge in [-0.05, 0) is 40.7 Å². The number of rotatable bonds is 7. The lowest BCUT2D eigenvalue weighted by molar-refractivity contribution is 0.00504. The molecular formula is C17H28FNO2. The Kier molecular flexibility index (Phi) is 6.17. The van der Waals surface area contributed by atoms with Crippen molar-refractivity contribution in [3.63, 3.8) is 0 Å². The van der Waals surface area contributed by atoms with Crippen LogP contribution in [0.1, 0.15) is 46.6 Å². The normalized spacial score (nSPS) is 12.5. The van der Waals surface area contributed by atoms with Crippen molar-refractivity contribution in [2.24, 2.45) is 0 Å². The monoisotopic (exact) mass is 297 g/mol. The predicted octanol–water partition coefficient (Wildman–Crippen LogP) is 3.91. The Labute approximate surface area is 127 Å². The van der Waals surface area contributed by atoms with Crippen molar-refractivity contribution in [3.8, 4) is 5.75 Å². The molecule has 0 spiro atoms. The molecule has 3 nitrogen and oxygen atoms in total. The standard InChI is InChI=1S/C17H28FNO2/c1-16(2,3)19-12-13-8-7-9-14(18)15(13)21-11-10-17(4,5)20-6/h7-9,19H,10-12H2,1-6H3. The first-order chi connectivity index (χ1) is 9.64. The van der Waals surface area contributed by atoms with Gasteiger partial charge in [0.1, 0.15) is 0 Å². The van der Waals surface area contributed by atoms with E-state index in [4.69, 9.17) is 9.47 Å². The molecule has 0 aliphatic rings. The second-order valence-electron chi connectivity index (χ2n) is 6.89. The summed E-state index contributed by atoms with van der Waals surface area (Å²) in [4.78, 5) is 0. The first kappa shape index (κ1) is 17.9. The summed E-state index contributed by atoms with van der Waals surface area (Å²) in [7, 11) is 1.67. The van der Waals surface area contributed by atoms with Crippen molar-refractivity contribution in [2.45, 2.75) is 58.7 Å². The largest absolute Gasteiger partial charge is 0.490 e. The van der Waals surface area contributed by atoms with Gasteiger partial charge in [-0.25, -0.2) is 4.39 Å². The fraction of sp³-hybridized carbons (Fsp3) is 0.647. The van der Waals surface area contributed by atoms with E-state index < -0.39 is 0 Å². The Morgan fingerprint density at radius 1 is 1.14 bits per heavy atom. The van der Waals surface area contributed by atoms with Crippen molar-refractivity contribution in [1.29, 1.82) is 0 Å². The zero-order chi connectivity index (χ0) is 16.1. The highest BCUT2D eigenvalue weighted by molar-refractivity contribution is 5.35. The van der Waals surface area contributed by atoms with E-state index in [1.54, 1.807) is 13.2 Å². The molecular weight excluding hydrogens is 269 g/mol. The molecule has 0 aliphatic carbocycles. The molecule has 0 saturated heterocycles. The van der Waals surface area contributed by atoms with Gasteiger partial charge in [-0.15, -0.1) is 0 Å². The quantitative estimate of drug-likeness (QED) is 0.828. The van der Waals surface area contributed by atoms with E-state index in [-0.39, 0.29) is 17.0 Å². The third-order valence-electron chi connectivity index (χ3n) is 3.36. The topological polar surface area (TPSA) is 30.5 Å². The van der Waals surface area contributed by atoms with Gasteiger partial charge >= 0.3 is 0 Å². The Balaban J connectivity index is 2.72. The first-order valence-corrected chi connectivity index (χ1v) is 7.35. The zero-order valence-corrected chi connectivity index (χ0v) is 14.0. The maximum Gasteiger partial charge on any atom is 0.165 e. The molecule has 0 fully saturated rings. The minimum absolute atomic E-state index is 0.0262. The molecule has 0 atom stereocenters. The summed E-state index contributed by atoms with van der Waals surface area (Å²) < 4.78 is 25.0. The lowest BCUT2D eigenvalue weighted by atomic mass is 10.1. The van der Waals surface area contributed by atoms with Gasteiger partial charge < -0.3 is 14.8 Å². The van der Waals surface area contributed by atoms with Crippen LogP contribution >= 0.6 is 0 Å². The number of benzene rings is 1. The molecule has 0 amide bonds. The summed E-state index contributed by atoms with van der Waals surface area (Å²) in [5.74, 6) is 0.0135. The third-order valence-corrected chi connectivity index (χ3v) is 3.36. The highest BCUT2D eigenvalue weighted by Gasteiger charge is 2.18. The minimum Gasteiger partial charge on any atom is -0.490 e. The Bertz CT molecular complexity index is 453. The van der Waals surface area contributed by atoms with E-state index in [2.05, 4.69) is 26.1 Å². The molecule has 4 heteroatoms. The molecule has 0 unspecified atom stereocenters. The molecule has 0 aromatic heterocycles. The Morgan fingerprint density at radius 2 is 1.81 bits per heavy atom. The number of para-hydroxylation sites is 1. The first-order valence-electron chi connectivity index (χ1n) is 7.35. The third kappa shape index (κ3) is 6.44.